The van der Waals surface area contributed by atoms with Crippen molar-refractivity contribution in [2.75, 3.05) is 0 Å². The number of rotatable bonds is 3. The second kappa shape index (κ2) is 6.67. The predicted molar refractivity (Wildman–Crippen MR) is 91.0 cm³/mol. The third-order valence-corrected chi connectivity index (χ3v) is 4.64. The first-order valence-electron chi connectivity index (χ1n) is 5.76. The van der Waals surface area contributed by atoms with Crippen LogP contribution in [0.5, 0.6) is 11.5 Å². The van der Waals surface area contributed by atoms with Crippen molar-refractivity contribution in [2.24, 2.45) is 5.73 Å². The van der Waals surface area contributed by atoms with Gasteiger partial charge in [-0.1, -0.05) is 39.1 Å². The molecule has 0 saturated heterocycles. The molecule has 2 nitrogen and oxygen atoms in total. The highest BCUT2D eigenvalue weighted by molar-refractivity contribution is 9.10. The van der Waals surface area contributed by atoms with E-state index in [1.165, 1.54) is 0 Å². The minimum absolute atomic E-state index is 0.160. The fourth-order valence-electron chi connectivity index (χ4n) is 1.67. The molecule has 0 heterocycles. The molecule has 1 unspecified atom stereocenters. The normalized spacial score (nSPS) is 12.3. The topological polar surface area (TPSA) is 35.2 Å². The van der Waals surface area contributed by atoms with Gasteiger partial charge in [-0.2, -0.15) is 0 Å². The molecule has 20 heavy (non-hydrogen) atoms. The lowest BCUT2D eigenvalue weighted by Gasteiger charge is -2.15. The van der Waals surface area contributed by atoms with Crippen LogP contribution in [-0.4, -0.2) is 0 Å². The molecule has 0 saturated carbocycles. The molecule has 0 aliphatic heterocycles. The molecular formula is C14H11Br2Cl2NO. The van der Waals surface area contributed by atoms with Gasteiger partial charge in [0.25, 0.3) is 0 Å². The van der Waals surface area contributed by atoms with Crippen molar-refractivity contribution in [2.45, 2.75) is 13.0 Å². The Morgan fingerprint density at radius 1 is 1.05 bits per heavy atom. The lowest BCUT2D eigenvalue weighted by molar-refractivity contribution is 0.472. The summed E-state index contributed by atoms with van der Waals surface area (Å²) >= 11 is 19.0. The number of nitrogens with two attached hydrogens (primary N) is 1. The Balaban J connectivity index is 2.42. The molecule has 2 aromatic carbocycles. The van der Waals surface area contributed by atoms with E-state index in [9.17, 15) is 0 Å². The molecule has 0 fully saturated rings. The molecule has 106 valence electrons. The van der Waals surface area contributed by atoms with E-state index in [1.54, 1.807) is 12.1 Å². The largest absolute Gasteiger partial charge is 0.455 e. The van der Waals surface area contributed by atoms with Gasteiger partial charge in [0, 0.05) is 26.6 Å². The molecule has 0 aliphatic rings. The number of benzene rings is 2. The monoisotopic (exact) mass is 437 g/mol. The Kier molecular flexibility index (Phi) is 5.37. The van der Waals surface area contributed by atoms with Crippen LogP contribution in [0.3, 0.4) is 0 Å². The number of ether oxygens (including phenoxy) is 1. The summed E-state index contributed by atoms with van der Waals surface area (Å²) in [5.41, 5.74) is 6.85. The lowest BCUT2D eigenvalue weighted by Crippen LogP contribution is -2.06. The Hall–Kier alpha value is -0.260. The molecule has 1 atom stereocenters. The first-order chi connectivity index (χ1) is 9.38. The lowest BCUT2D eigenvalue weighted by atomic mass is 10.1. The van der Waals surface area contributed by atoms with Crippen LogP contribution in [0.4, 0.5) is 0 Å². The smallest absolute Gasteiger partial charge is 0.147 e. The van der Waals surface area contributed by atoms with Gasteiger partial charge in [-0.05, 0) is 47.1 Å². The average molecular weight is 440 g/mol. The standard InChI is InChI=1S/C14H11Br2Cl2NO/c1-7(19)9-4-8(15)2-3-13(9)20-14-6-11(17)10(16)5-12(14)18/h2-7H,19H2,1H3. The van der Waals surface area contributed by atoms with Crippen molar-refractivity contribution in [3.8, 4) is 11.5 Å². The fraction of sp³-hybridized carbons (Fsp3) is 0.143. The van der Waals surface area contributed by atoms with Gasteiger partial charge in [0.15, 0.2) is 0 Å². The first kappa shape index (κ1) is 16.1. The van der Waals surface area contributed by atoms with Crippen molar-refractivity contribution >= 4 is 55.1 Å². The molecule has 0 amide bonds. The maximum Gasteiger partial charge on any atom is 0.147 e. The number of hydrogen-bond donors (Lipinski definition) is 1. The molecule has 0 radical (unpaired) electrons. The van der Waals surface area contributed by atoms with Crippen LogP contribution in [0, 0.1) is 0 Å². The quantitative estimate of drug-likeness (QED) is 0.567. The summed E-state index contributed by atoms with van der Waals surface area (Å²) < 4.78 is 7.52. The van der Waals surface area contributed by atoms with Crippen molar-refractivity contribution in [3.05, 3.63) is 54.9 Å². The van der Waals surface area contributed by atoms with Crippen LogP contribution in [-0.2, 0) is 0 Å². The van der Waals surface area contributed by atoms with Crippen molar-refractivity contribution < 1.29 is 4.74 Å². The van der Waals surface area contributed by atoms with Crippen molar-refractivity contribution in [1.29, 1.82) is 0 Å². The zero-order valence-corrected chi connectivity index (χ0v) is 15.1. The molecule has 2 N–H and O–H groups in total. The van der Waals surface area contributed by atoms with E-state index in [-0.39, 0.29) is 6.04 Å². The van der Waals surface area contributed by atoms with E-state index in [2.05, 4.69) is 31.9 Å². The molecule has 0 aromatic heterocycles. The van der Waals surface area contributed by atoms with E-state index >= 15 is 0 Å². The summed E-state index contributed by atoms with van der Waals surface area (Å²) in [5.74, 6) is 1.15. The van der Waals surface area contributed by atoms with E-state index in [0.29, 0.717) is 21.5 Å². The second-order valence-electron chi connectivity index (χ2n) is 4.27. The molecule has 0 aliphatic carbocycles. The van der Waals surface area contributed by atoms with Crippen LogP contribution < -0.4 is 10.5 Å². The Morgan fingerprint density at radius 3 is 2.40 bits per heavy atom. The molecular weight excluding hydrogens is 429 g/mol. The van der Waals surface area contributed by atoms with Crippen molar-refractivity contribution in [1.82, 2.24) is 0 Å². The highest BCUT2D eigenvalue weighted by atomic mass is 79.9. The van der Waals surface area contributed by atoms with Gasteiger partial charge in [0.05, 0.1) is 10.0 Å². The van der Waals surface area contributed by atoms with Gasteiger partial charge in [-0.15, -0.1) is 0 Å². The van der Waals surface area contributed by atoms with Gasteiger partial charge in [-0.25, -0.2) is 0 Å². The first-order valence-corrected chi connectivity index (χ1v) is 8.10. The van der Waals surface area contributed by atoms with Gasteiger partial charge < -0.3 is 10.5 Å². The molecule has 6 heteroatoms. The third-order valence-electron chi connectivity index (χ3n) is 2.66. The Bertz CT molecular complexity index is 647. The maximum absolute atomic E-state index is 6.16. The summed E-state index contributed by atoms with van der Waals surface area (Å²) in [4.78, 5) is 0. The van der Waals surface area contributed by atoms with Crippen LogP contribution in [0.25, 0.3) is 0 Å². The minimum Gasteiger partial charge on any atom is -0.455 e. The third kappa shape index (κ3) is 3.68. The van der Waals surface area contributed by atoms with E-state index < -0.39 is 0 Å². The van der Waals surface area contributed by atoms with Crippen molar-refractivity contribution in [3.63, 3.8) is 0 Å². The average Bonchev–Trinajstić information content (AvgIpc) is 2.37. The molecule has 0 bridgehead atoms. The molecule has 2 aromatic rings. The van der Waals surface area contributed by atoms with E-state index in [0.717, 1.165) is 14.5 Å². The van der Waals surface area contributed by atoms with Gasteiger partial charge >= 0.3 is 0 Å². The molecule has 2 rings (SSSR count). The van der Waals surface area contributed by atoms with Gasteiger partial charge in [0.2, 0.25) is 0 Å². The summed E-state index contributed by atoms with van der Waals surface area (Å²) in [5, 5.41) is 1.00. The van der Waals surface area contributed by atoms with Gasteiger partial charge in [0.1, 0.15) is 11.5 Å². The summed E-state index contributed by atoms with van der Waals surface area (Å²) in [6, 6.07) is 8.86. The Labute approximate surface area is 144 Å². The predicted octanol–water partition coefficient (Wildman–Crippen LogP) is 6.33. The number of hydrogen-bond acceptors (Lipinski definition) is 2. The van der Waals surface area contributed by atoms with Gasteiger partial charge in [-0.3, -0.25) is 0 Å². The summed E-state index contributed by atoms with van der Waals surface area (Å²) in [6.45, 7) is 1.89. The highest BCUT2D eigenvalue weighted by Gasteiger charge is 2.13. The van der Waals surface area contributed by atoms with E-state index in [4.69, 9.17) is 33.7 Å². The summed E-state index contributed by atoms with van der Waals surface area (Å²) in [7, 11) is 0. The van der Waals surface area contributed by atoms with Crippen LogP contribution in [0.2, 0.25) is 10.0 Å². The van der Waals surface area contributed by atoms with Crippen LogP contribution in [0.1, 0.15) is 18.5 Å². The highest BCUT2D eigenvalue weighted by Crippen LogP contribution is 2.38. The summed E-state index contributed by atoms with van der Waals surface area (Å²) in [6.07, 6.45) is 0. The number of halogens is 4. The zero-order valence-electron chi connectivity index (χ0n) is 10.5. The van der Waals surface area contributed by atoms with Crippen LogP contribution in [0.15, 0.2) is 39.3 Å². The zero-order chi connectivity index (χ0) is 14.9. The van der Waals surface area contributed by atoms with E-state index in [1.807, 2.05) is 25.1 Å². The fourth-order valence-corrected chi connectivity index (χ4v) is 2.88. The minimum atomic E-state index is -0.160. The Morgan fingerprint density at radius 2 is 1.75 bits per heavy atom. The van der Waals surface area contributed by atoms with Crippen LogP contribution >= 0.6 is 55.1 Å². The second-order valence-corrected chi connectivity index (χ2v) is 6.85. The maximum atomic E-state index is 6.16. The molecule has 0 spiro atoms. The SMILES string of the molecule is CC(N)c1cc(Br)ccc1Oc1cc(Cl)c(Br)cc1Cl.